The number of anilines is 1. The Kier molecular flexibility index (Phi) is 5.93. The number of nitriles is 1. The second-order valence-corrected chi connectivity index (χ2v) is 8.87. The monoisotopic (exact) mass is 472 g/mol. The number of rotatable bonds is 3. The minimum Gasteiger partial charge on any atom is -0.370 e. The van der Waals surface area contributed by atoms with Crippen molar-refractivity contribution in [2.24, 2.45) is 17.1 Å². The van der Waals surface area contributed by atoms with E-state index in [0.717, 1.165) is 12.1 Å². The molecular formula is C23H23F3N6O2. The maximum absolute atomic E-state index is 13.4. The van der Waals surface area contributed by atoms with Crippen molar-refractivity contribution >= 4 is 17.5 Å². The van der Waals surface area contributed by atoms with Gasteiger partial charge in [-0.2, -0.15) is 18.4 Å². The first-order valence-electron chi connectivity index (χ1n) is 10.8. The Hall–Kier alpha value is -3.68. The van der Waals surface area contributed by atoms with E-state index < -0.39 is 34.5 Å². The number of hydrogen-bond donors (Lipinski definition) is 1. The third-order valence-corrected chi connectivity index (χ3v) is 6.83. The van der Waals surface area contributed by atoms with Gasteiger partial charge in [-0.1, -0.05) is 0 Å². The van der Waals surface area contributed by atoms with E-state index in [1.165, 1.54) is 18.5 Å². The summed E-state index contributed by atoms with van der Waals surface area (Å²) in [6.45, 7) is 3.01. The van der Waals surface area contributed by atoms with E-state index in [1.807, 2.05) is 0 Å². The summed E-state index contributed by atoms with van der Waals surface area (Å²) in [7, 11) is 0. The van der Waals surface area contributed by atoms with Crippen molar-refractivity contribution in [2.45, 2.75) is 25.9 Å². The van der Waals surface area contributed by atoms with Gasteiger partial charge in [0.15, 0.2) is 0 Å². The summed E-state index contributed by atoms with van der Waals surface area (Å²) in [5, 5.41) is 9.05. The lowest BCUT2D eigenvalue weighted by Gasteiger charge is -2.41. The Morgan fingerprint density at radius 1 is 1.21 bits per heavy atom. The second-order valence-electron chi connectivity index (χ2n) is 8.87. The van der Waals surface area contributed by atoms with Crippen molar-refractivity contribution in [3.05, 3.63) is 53.1 Å². The van der Waals surface area contributed by atoms with Crippen LogP contribution >= 0.6 is 0 Å². The lowest BCUT2D eigenvalue weighted by molar-refractivity contribution is -0.137. The molecule has 0 saturated carbocycles. The molecule has 0 aliphatic carbocycles. The van der Waals surface area contributed by atoms with Crippen LogP contribution in [-0.4, -0.2) is 52.9 Å². The molecule has 2 amide bonds. The first-order valence-corrected chi connectivity index (χ1v) is 10.8. The van der Waals surface area contributed by atoms with Gasteiger partial charge in [0.05, 0.1) is 35.0 Å². The molecule has 178 valence electrons. The lowest BCUT2D eigenvalue weighted by Crippen LogP contribution is -2.49. The van der Waals surface area contributed by atoms with Gasteiger partial charge in [0.2, 0.25) is 5.91 Å². The molecule has 2 saturated heterocycles. The lowest BCUT2D eigenvalue weighted by atomic mass is 9.70. The maximum Gasteiger partial charge on any atom is 0.417 e. The quantitative estimate of drug-likeness (QED) is 0.734. The number of aryl methyl sites for hydroxylation is 1. The summed E-state index contributed by atoms with van der Waals surface area (Å²) in [6.07, 6.45) is -0.778. The predicted octanol–water partition coefficient (Wildman–Crippen LogP) is 2.52. The molecule has 4 rings (SSSR count). The number of carbonyl (C=O) groups is 2. The molecule has 0 bridgehead atoms. The molecule has 11 heteroatoms. The number of nitrogens with zero attached hydrogens (tertiary/aromatic N) is 5. The molecule has 8 nitrogen and oxygen atoms in total. The Morgan fingerprint density at radius 2 is 1.91 bits per heavy atom. The normalized spacial score (nSPS) is 19.8. The van der Waals surface area contributed by atoms with Crippen molar-refractivity contribution in [1.82, 2.24) is 14.9 Å². The van der Waals surface area contributed by atoms with Crippen LogP contribution in [0.15, 0.2) is 30.6 Å². The van der Waals surface area contributed by atoms with Gasteiger partial charge >= 0.3 is 6.18 Å². The van der Waals surface area contributed by atoms with Crippen molar-refractivity contribution < 1.29 is 22.8 Å². The van der Waals surface area contributed by atoms with Gasteiger partial charge in [-0.05, 0) is 38.0 Å². The summed E-state index contributed by atoms with van der Waals surface area (Å²) in [6, 6.07) is 5.13. The molecule has 1 aromatic carbocycles. The zero-order chi connectivity index (χ0) is 24.7. The van der Waals surface area contributed by atoms with Crippen LogP contribution < -0.4 is 10.6 Å². The fraction of sp³-hybridized carbons (Fsp3) is 0.435. The minimum absolute atomic E-state index is 0.177. The van der Waals surface area contributed by atoms with Crippen molar-refractivity contribution in [2.75, 3.05) is 31.1 Å². The molecule has 0 radical (unpaired) electrons. The predicted molar refractivity (Wildman–Crippen MR) is 115 cm³/mol. The third kappa shape index (κ3) is 4.27. The molecule has 3 heterocycles. The standard InChI is InChI=1S/C23H23F3N6O2/c1-14-10-30-19(11-29-14)21(34)31-6-4-22(5-7-31)13-32(12-18(22)20(28)33)16-3-2-15(9-27)17(8-16)23(24,25)26/h2-3,8,10-11,18H,4-7,12-13H2,1H3,(H2,28,33). The van der Waals surface area contributed by atoms with E-state index in [9.17, 15) is 22.8 Å². The zero-order valence-corrected chi connectivity index (χ0v) is 18.5. The van der Waals surface area contributed by atoms with Gasteiger partial charge in [-0.15, -0.1) is 0 Å². The number of hydrogen-bond acceptors (Lipinski definition) is 6. The fourth-order valence-electron chi connectivity index (χ4n) is 4.95. The second kappa shape index (κ2) is 8.59. The molecule has 1 atom stereocenters. The average Bonchev–Trinajstić information content (AvgIpc) is 3.17. The van der Waals surface area contributed by atoms with E-state index >= 15 is 0 Å². The fourth-order valence-corrected chi connectivity index (χ4v) is 4.95. The zero-order valence-electron chi connectivity index (χ0n) is 18.5. The molecule has 2 aromatic rings. The smallest absolute Gasteiger partial charge is 0.370 e. The Labute approximate surface area is 194 Å². The number of aromatic nitrogens is 2. The van der Waals surface area contributed by atoms with Gasteiger partial charge in [-0.25, -0.2) is 4.98 Å². The SMILES string of the molecule is Cc1cnc(C(=O)N2CCC3(CC2)CN(c2ccc(C#N)c(C(F)(F)F)c2)CC3C(N)=O)cn1. The molecule has 2 aliphatic rings. The van der Waals surface area contributed by atoms with E-state index in [0.29, 0.717) is 38.2 Å². The van der Waals surface area contributed by atoms with Gasteiger partial charge in [-0.3, -0.25) is 14.6 Å². The topological polar surface area (TPSA) is 116 Å². The summed E-state index contributed by atoms with van der Waals surface area (Å²) in [5.74, 6) is -1.35. The van der Waals surface area contributed by atoms with Gasteiger partial charge < -0.3 is 15.5 Å². The van der Waals surface area contributed by atoms with Crippen LogP contribution in [0.5, 0.6) is 0 Å². The number of halogens is 3. The Bertz CT molecular complexity index is 1150. The van der Waals surface area contributed by atoms with Crippen LogP contribution in [0.4, 0.5) is 18.9 Å². The van der Waals surface area contributed by atoms with Crippen molar-refractivity contribution in [3.63, 3.8) is 0 Å². The summed E-state index contributed by atoms with van der Waals surface area (Å²) >= 11 is 0. The van der Waals surface area contributed by atoms with E-state index in [4.69, 9.17) is 11.0 Å². The number of likely N-dealkylation sites (tertiary alicyclic amines) is 1. The van der Waals surface area contributed by atoms with Crippen LogP contribution in [0, 0.1) is 29.6 Å². The highest BCUT2D eigenvalue weighted by atomic mass is 19.4. The van der Waals surface area contributed by atoms with Crippen LogP contribution in [0.3, 0.4) is 0 Å². The summed E-state index contributed by atoms with van der Waals surface area (Å²) < 4.78 is 40.3. The molecule has 1 aromatic heterocycles. The number of nitrogens with two attached hydrogens (primary N) is 1. The third-order valence-electron chi connectivity index (χ3n) is 6.83. The first-order chi connectivity index (χ1) is 16.0. The van der Waals surface area contributed by atoms with Crippen LogP contribution in [0.1, 0.15) is 40.2 Å². The molecule has 1 spiro atoms. The highest BCUT2D eigenvalue weighted by molar-refractivity contribution is 5.92. The number of carbonyl (C=O) groups excluding carboxylic acids is 2. The van der Waals surface area contributed by atoms with Crippen molar-refractivity contribution in [1.29, 1.82) is 5.26 Å². The molecule has 2 N–H and O–H groups in total. The highest BCUT2D eigenvalue weighted by Gasteiger charge is 2.51. The number of primary amides is 1. The van der Waals surface area contributed by atoms with E-state index in [2.05, 4.69) is 9.97 Å². The van der Waals surface area contributed by atoms with E-state index in [1.54, 1.807) is 22.8 Å². The Balaban J connectivity index is 1.55. The van der Waals surface area contributed by atoms with E-state index in [-0.39, 0.29) is 23.8 Å². The molecule has 34 heavy (non-hydrogen) atoms. The molecular weight excluding hydrogens is 449 g/mol. The minimum atomic E-state index is -4.67. The number of alkyl halides is 3. The molecule has 2 fully saturated rings. The number of amides is 2. The highest BCUT2D eigenvalue weighted by Crippen LogP contribution is 2.46. The number of piperidine rings is 1. The van der Waals surface area contributed by atoms with Crippen LogP contribution in [-0.2, 0) is 11.0 Å². The Morgan fingerprint density at radius 3 is 2.47 bits per heavy atom. The number of benzene rings is 1. The largest absolute Gasteiger partial charge is 0.417 e. The van der Waals surface area contributed by atoms with Gasteiger partial charge in [0.25, 0.3) is 5.91 Å². The van der Waals surface area contributed by atoms with Crippen molar-refractivity contribution in [3.8, 4) is 6.07 Å². The van der Waals surface area contributed by atoms with Gasteiger partial charge in [0.1, 0.15) is 5.69 Å². The summed E-state index contributed by atoms with van der Waals surface area (Å²) in [4.78, 5) is 36.7. The average molecular weight is 472 g/mol. The van der Waals surface area contributed by atoms with Crippen LogP contribution in [0.25, 0.3) is 0 Å². The van der Waals surface area contributed by atoms with Crippen LogP contribution in [0.2, 0.25) is 0 Å². The van der Waals surface area contributed by atoms with Gasteiger partial charge in [0, 0.05) is 43.5 Å². The first kappa shape index (κ1) is 23.5. The molecule has 2 aliphatic heterocycles. The maximum atomic E-state index is 13.4. The summed E-state index contributed by atoms with van der Waals surface area (Å²) in [5.41, 5.74) is 4.88. The molecule has 1 unspecified atom stereocenters.